The van der Waals surface area contributed by atoms with Crippen LogP contribution in [-0.4, -0.2) is 45.2 Å². The fraction of sp³-hybridized carbons (Fsp3) is 0.391. The number of likely N-dealkylation sites (tertiary alicyclic amines) is 1. The van der Waals surface area contributed by atoms with Crippen molar-refractivity contribution in [3.05, 3.63) is 42.0 Å². The van der Waals surface area contributed by atoms with Crippen molar-refractivity contribution in [2.24, 2.45) is 0 Å². The van der Waals surface area contributed by atoms with E-state index in [1.807, 2.05) is 12.1 Å². The Bertz CT molecular complexity index is 978. The van der Waals surface area contributed by atoms with Crippen LogP contribution in [0.5, 0.6) is 17.2 Å². The quantitative estimate of drug-likeness (QED) is 0.655. The van der Waals surface area contributed by atoms with E-state index < -0.39 is 0 Å². The molecule has 1 unspecified atom stereocenters. The van der Waals surface area contributed by atoms with Gasteiger partial charge in [0.1, 0.15) is 25.0 Å². The van der Waals surface area contributed by atoms with Gasteiger partial charge in [0.25, 0.3) is 5.91 Å². The summed E-state index contributed by atoms with van der Waals surface area (Å²) < 4.78 is 16.7. The number of carbonyl (C=O) groups is 2. The summed E-state index contributed by atoms with van der Waals surface area (Å²) in [6.07, 6.45) is 2.08. The van der Waals surface area contributed by atoms with E-state index in [4.69, 9.17) is 14.2 Å². The summed E-state index contributed by atoms with van der Waals surface area (Å²) >= 11 is 0. The molecule has 2 heterocycles. The molecule has 0 aromatic heterocycles. The molecular formula is C23H28N3O5+. The van der Waals surface area contributed by atoms with Crippen molar-refractivity contribution in [2.75, 3.05) is 44.0 Å². The zero-order valence-corrected chi connectivity index (χ0v) is 17.8. The Balaban J connectivity index is 1.45. The maximum atomic E-state index is 12.9. The molecule has 0 radical (unpaired) electrons. The van der Waals surface area contributed by atoms with Crippen molar-refractivity contribution < 1.29 is 28.7 Å². The van der Waals surface area contributed by atoms with Crippen molar-refractivity contribution in [1.82, 2.24) is 0 Å². The number of carbonyl (C=O) groups excluding carboxylic acids is 2. The molecule has 0 bridgehead atoms. The number of nitrogens with one attached hydrogen (secondary N) is 3. The maximum absolute atomic E-state index is 12.9. The highest BCUT2D eigenvalue weighted by Crippen LogP contribution is 2.33. The van der Waals surface area contributed by atoms with Gasteiger partial charge in [0.05, 0.1) is 19.3 Å². The highest BCUT2D eigenvalue weighted by atomic mass is 16.6. The van der Waals surface area contributed by atoms with Gasteiger partial charge < -0.3 is 29.7 Å². The second-order valence-corrected chi connectivity index (χ2v) is 7.83. The lowest BCUT2D eigenvalue weighted by atomic mass is 10.0. The van der Waals surface area contributed by atoms with Crippen molar-refractivity contribution in [3.63, 3.8) is 0 Å². The monoisotopic (exact) mass is 426 g/mol. The van der Waals surface area contributed by atoms with Crippen LogP contribution >= 0.6 is 0 Å². The average Bonchev–Trinajstić information content (AvgIpc) is 3.21. The van der Waals surface area contributed by atoms with E-state index in [1.165, 1.54) is 11.8 Å². The van der Waals surface area contributed by atoms with Crippen LogP contribution < -0.4 is 29.7 Å². The Morgan fingerprint density at radius 1 is 1.10 bits per heavy atom. The summed E-state index contributed by atoms with van der Waals surface area (Å²) in [5.41, 5.74) is 2.30. The molecule has 0 saturated carbocycles. The van der Waals surface area contributed by atoms with Crippen molar-refractivity contribution >= 4 is 23.2 Å². The lowest BCUT2D eigenvalue weighted by Gasteiger charge is -2.24. The predicted molar refractivity (Wildman–Crippen MR) is 116 cm³/mol. The number of quaternary nitrogens is 1. The second-order valence-electron chi connectivity index (χ2n) is 7.83. The molecule has 1 saturated heterocycles. The molecule has 8 heteroatoms. The van der Waals surface area contributed by atoms with Crippen LogP contribution in [0.25, 0.3) is 0 Å². The second kappa shape index (κ2) is 9.26. The summed E-state index contributed by atoms with van der Waals surface area (Å²) in [6.45, 7) is 3.83. The zero-order chi connectivity index (χ0) is 21.8. The van der Waals surface area contributed by atoms with Gasteiger partial charge in [-0.25, -0.2) is 0 Å². The first-order chi connectivity index (χ1) is 15.0. The molecule has 31 heavy (non-hydrogen) atoms. The fourth-order valence-electron chi connectivity index (χ4n) is 4.29. The van der Waals surface area contributed by atoms with Crippen LogP contribution in [0.1, 0.15) is 31.4 Å². The average molecular weight is 426 g/mol. The molecule has 1 fully saturated rings. The zero-order valence-electron chi connectivity index (χ0n) is 17.8. The summed E-state index contributed by atoms with van der Waals surface area (Å²) in [7, 11) is 1.55. The number of rotatable bonds is 6. The molecule has 2 aromatic rings. The number of hydrogen-bond acceptors (Lipinski definition) is 5. The molecule has 0 aliphatic carbocycles. The van der Waals surface area contributed by atoms with E-state index in [1.54, 1.807) is 25.3 Å². The molecule has 164 valence electrons. The number of ether oxygens (including phenoxy) is 3. The van der Waals surface area contributed by atoms with Gasteiger partial charge >= 0.3 is 0 Å². The largest absolute Gasteiger partial charge is 0.495 e. The minimum atomic E-state index is -0.175. The molecule has 0 spiro atoms. The number of anilines is 2. The van der Waals surface area contributed by atoms with Gasteiger partial charge in [-0.15, -0.1) is 0 Å². The topological polar surface area (TPSA) is 90.3 Å². The van der Waals surface area contributed by atoms with E-state index in [2.05, 4.69) is 16.7 Å². The SMILES string of the molecule is COc1ccc(NC(C)=O)cc1NC(=O)C[NH+]1CCC[C@@H]1c1ccc2c(c1)OCCO2. The van der Waals surface area contributed by atoms with Gasteiger partial charge in [0.2, 0.25) is 5.91 Å². The van der Waals surface area contributed by atoms with Crippen LogP contribution in [0.2, 0.25) is 0 Å². The summed E-state index contributed by atoms with van der Waals surface area (Å²) in [6, 6.07) is 11.5. The van der Waals surface area contributed by atoms with Crippen LogP contribution in [0.3, 0.4) is 0 Å². The first kappa shape index (κ1) is 21.0. The van der Waals surface area contributed by atoms with Gasteiger partial charge in [-0.2, -0.15) is 0 Å². The molecule has 2 aliphatic rings. The van der Waals surface area contributed by atoms with Crippen molar-refractivity contribution in [2.45, 2.75) is 25.8 Å². The fourth-order valence-corrected chi connectivity index (χ4v) is 4.29. The van der Waals surface area contributed by atoms with Crippen molar-refractivity contribution in [1.29, 1.82) is 0 Å². The first-order valence-corrected chi connectivity index (χ1v) is 10.5. The molecule has 3 N–H and O–H groups in total. The Hall–Kier alpha value is -3.26. The third-order valence-corrected chi connectivity index (χ3v) is 5.63. The standard InChI is InChI=1S/C23H27N3O5/c1-15(27)24-17-6-8-20(29-2)18(13-17)25-23(28)14-26-9-3-4-19(26)16-5-7-21-22(12-16)31-11-10-30-21/h5-8,12-13,19H,3-4,9-11,14H2,1-2H3,(H,24,27)(H,25,28)/p+1/t19-/m1/s1. The predicted octanol–water partition coefficient (Wildman–Crippen LogP) is 1.78. The van der Waals surface area contributed by atoms with E-state index in [9.17, 15) is 9.59 Å². The number of benzene rings is 2. The van der Waals surface area contributed by atoms with Crippen LogP contribution in [0.4, 0.5) is 11.4 Å². The lowest BCUT2D eigenvalue weighted by Crippen LogP contribution is -3.11. The third-order valence-electron chi connectivity index (χ3n) is 5.63. The number of hydrogen-bond donors (Lipinski definition) is 3. The van der Waals surface area contributed by atoms with Gasteiger partial charge in [0, 0.05) is 31.0 Å². The molecule has 2 atom stereocenters. The maximum Gasteiger partial charge on any atom is 0.279 e. The first-order valence-electron chi connectivity index (χ1n) is 10.5. The number of fused-ring (bicyclic) bond motifs is 1. The van der Waals surface area contributed by atoms with Gasteiger partial charge in [-0.05, 0) is 36.4 Å². The minimum Gasteiger partial charge on any atom is -0.495 e. The van der Waals surface area contributed by atoms with E-state index in [-0.39, 0.29) is 17.9 Å². The Kier molecular flexibility index (Phi) is 6.27. The Morgan fingerprint density at radius 3 is 2.68 bits per heavy atom. The summed E-state index contributed by atoms with van der Waals surface area (Å²) in [4.78, 5) is 25.4. The number of amides is 2. The molecule has 2 aliphatic heterocycles. The van der Waals surface area contributed by atoms with Crippen molar-refractivity contribution in [3.8, 4) is 17.2 Å². The lowest BCUT2D eigenvalue weighted by molar-refractivity contribution is -0.910. The highest BCUT2D eigenvalue weighted by molar-refractivity contribution is 5.95. The van der Waals surface area contributed by atoms with E-state index in [0.717, 1.165) is 36.4 Å². The Morgan fingerprint density at radius 2 is 1.90 bits per heavy atom. The van der Waals surface area contributed by atoms with Crippen LogP contribution in [0, 0.1) is 0 Å². The minimum absolute atomic E-state index is 0.0993. The summed E-state index contributed by atoms with van der Waals surface area (Å²) in [5.74, 6) is 1.82. The molecule has 2 amide bonds. The van der Waals surface area contributed by atoms with E-state index in [0.29, 0.717) is 36.9 Å². The number of methoxy groups -OCH3 is 1. The van der Waals surface area contributed by atoms with Crippen LogP contribution in [-0.2, 0) is 9.59 Å². The normalized spacial score (nSPS) is 19.5. The molecule has 4 rings (SSSR count). The third kappa shape index (κ3) is 4.91. The molecule has 8 nitrogen and oxygen atoms in total. The van der Waals surface area contributed by atoms with Gasteiger partial charge in [-0.3, -0.25) is 9.59 Å². The smallest absolute Gasteiger partial charge is 0.279 e. The molecule has 2 aromatic carbocycles. The Labute approximate surface area is 181 Å². The van der Waals surface area contributed by atoms with Gasteiger partial charge in [0.15, 0.2) is 18.0 Å². The van der Waals surface area contributed by atoms with Gasteiger partial charge in [-0.1, -0.05) is 0 Å². The van der Waals surface area contributed by atoms with E-state index >= 15 is 0 Å². The summed E-state index contributed by atoms with van der Waals surface area (Å²) in [5, 5.41) is 5.67. The highest BCUT2D eigenvalue weighted by Gasteiger charge is 2.32. The molecular weight excluding hydrogens is 398 g/mol. The van der Waals surface area contributed by atoms with Crippen LogP contribution in [0.15, 0.2) is 36.4 Å².